The fourth-order valence-electron chi connectivity index (χ4n) is 1.92. The van der Waals surface area contributed by atoms with Crippen molar-refractivity contribution in [1.82, 2.24) is 5.32 Å². The van der Waals surface area contributed by atoms with E-state index in [1.807, 2.05) is 0 Å². The van der Waals surface area contributed by atoms with E-state index in [0.717, 1.165) is 12.1 Å². The molecule has 2 rings (SSSR count). The van der Waals surface area contributed by atoms with Gasteiger partial charge in [0, 0.05) is 5.02 Å². The van der Waals surface area contributed by atoms with Crippen molar-refractivity contribution in [3.05, 3.63) is 70.0 Å². The van der Waals surface area contributed by atoms with E-state index in [1.54, 1.807) is 19.2 Å². The Morgan fingerprint density at radius 3 is 2.16 bits per heavy atom. The lowest BCUT2D eigenvalue weighted by Crippen LogP contribution is -2.18. The minimum absolute atomic E-state index is 0.113. The molecule has 0 bridgehead atoms. The molecule has 0 aromatic heterocycles. The van der Waals surface area contributed by atoms with Gasteiger partial charge in [-0.2, -0.15) is 0 Å². The second-order valence-electron chi connectivity index (χ2n) is 4.06. The number of nitrogens with one attached hydrogen (secondary N) is 1. The van der Waals surface area contributed by atoms with Crippen molar-refractivity contribution in [1.29, 1.82) is 0 Å². The van der Waals surface area contributed by atoms with Gasteiger partial charge < -0.3 is 5.32 Å². The molecule has 2 aromatic rings. The van der Waals surface area contributed by atoms with Crippen LogP contribution in [0, 0.1) is 17.5 Å². The molecular formula is C14H11ClF3N. The first-order valence-corrected chi connectivity index (χ1v) is 5.98. The van der Waals surface area contributed by atoms with Crippen LogP contribution in [0.25, 0.3) is 0 Å². The van der Waals surface area contributed by atoms with Gasteiger partial charge in [0.1, 0.15) is 5.82 Å². The Labute approximate surface area is 114 Å². The first-order chi connectivity index (χ1) is 9.02. The summed E-state index contributed by atoms with van der Waals surface area (Å²) in [6, 6.07) is 7.26. The predicted molar refractivity (Wildman–Crippen MR) is 68.7 cm³/mol. The molecule has 1 N–H and O–H groups in total. The number of hydrogen-bond donors (Lipinski definition) is 1. The van der Waals surface area contributed by atoms with Crippen molar-refractivity contribution in [2.24, 2.45) is 0 Å². The Kier molecular flexibility index (Phi) is 4.12. The summed E-state index contributed by atoms with van der Waals surface area (Å²) in [5.74, 6) is -2.33. The fraction of sp³-hybridized carbons (Fsp3) is 0.143. The Morgan fingerprint density at radius 2 is 1.58 bits per heavy atom. The summed E-state index contributed by atoms with van der Waals surface area (Å²) in [4.78, 5) is 0. The Morgan fingerprint density at radius 1 is 1.00 bits per heavy atom. The van der Waals surface area contributed by atoms with Crippen molar-refractivity contribution in [2.75, 3.05) is 7.05 Å². The first-order valence-electron chi connectivity index (χ1n) is 5.60. The van der Waals surface area contributed by atoms with Crippen LogP contribution in [0.2, 0.25) is 5.02 Å². The molecule has 0 heterocycles. The van der Waals surface area contributed by atoms with Crippen molar-refractivity contribution in [2.45, 2.75) is 6.04 Å². The highest BCUT2D eigenvalue weighted by molar-refractivity contribution is 6.31. The number of benzene rings is 2. The van der Waals surface area contributed by atoms with E-state index < -0.39 is 17.7 Å². The van der Waals surface area contributed by atoms with Crippen LogP contribution in [-0.2, 0) is 0 Å². The lowest BCUT2D eigenvalue weighted by Gasteiger charge is -2.18. The molecule has 5 heteroatoms. The molecule has 2 aromatic carbocycles. The molecule has 0 aliphatic carbocycles. The molecule has 0 aliphatic heterocycles. The van der Waals surface area contributed by atoms with E-state index in [9.17, 15) is 13.2 Å². The highest BCUT2D eigenvalue weighted by Gasteiger charge is 2.18. The summed E-state index contributed by atoms with van der Waals surface area (Å²) >= 11 is 5.94. The van der Waals surface area contributed by atoms with Gasteiger partial charge in [0.25, 0.3) is 0 Å². The summed E-state index contributed by atoms with van der Waals surface area (Å²) in [7, 11) is 1.66. The number of halogens is 4. The van der Waals surface area contributed by atoms with E-state index >= 15 is 0 Å². The average Bonchev–Trinajstić information content (AvgIpc) is 2.38. The molecule has 0 spiro atoms. The highest BCUT2D eigenvalue weighted by atomic mass is 35.5. The molecule has 0 saturated carbocycles. The summed E-state index contributed by atoms with van der Waals surface area (Å²) in [6.45, 7) is 0. The smallest absolute Gasteiger partial charge is 0.160 e. The third-order valence-corrected chi connectivity index (χ3v) is 3.17. The van der Waals surface area contributed by atoms with Crippen LogP contribution < -0.4 is 5.32 Å². The van der Waals surface area contributed by atoms with Crippen LogP contribution in [0.15, 0.2) is 36.4 Å². The Bertz CT molecular complexity index is 584. The fourth-order valence-corrected chi connectivity index (χ4v) is 2.18. The lowest BCUT2D eigenvalue weighted by atomic mass is 9.98. The Hall–Kier alpha value is -1.52. The summed E-state index contributed by atoms with van der Waals surface area (Å²) in [5, 5.41) is 3.06. The molecule has 1 atom stereocenters. The SMILES string of the molecule is CNC(c1ccc(F)cc1)c1cc(F)c(F)cc1Cl. The van der Waals surface area contributed by atoms with Crippen molar-refractivity contribution in [3.8, 4) is 0 Å². The molecule has 0 saturated heterocycles. The number of hydrogen-bond acceptors (Lipinski definition) is 1. The Balaban J connectivity index is 2.47. The molecule has 0 fully saturated rings. The number of rotatable bonds is 3. The lowest BCUT2D eigenvalue weighted by molar-refractivity contribution is 0.505. The topological polar surface area (TPSA) is 12.0 Å². The average molecular weight is 286 g/mol. The van der Waals surface area contributed by atoms with Gasteiger partial charge in [0.2, 0.25) is 0 Å². The van der Waals surface area contributed by atoms with Gasteiger partial charge in [0.15, 0.2) is 11.6 Å². The molecule has 19 heavy (non-hydrogen) atoms. The first kappa shape index (κ1) is 13.9. The highest BCUT2D eigenvalue weighted by Crippen LogP contribution is 2.30. The summed E-state index contributed by atoms with van der Waals surface area (Å²) in [6.07, 6.45) is 0. The van der Waals surface area contributed by atoms with Crippen LogP contribution in [0.5, 0.6) is 0 Å². The quantitative estimate of drug-likeness (QED) is 0.839. The van der Waals surface area contributed by atoms with Crippen molar-refractivity contribution < 1.29 is 13.2 Å². The van der Waals surface area contributed by atoms with Crippen LogP contribution >= 0.6 is 11.6 Å². The molecule has 0 amide bonds. The van der Waals surface area contributed by atoms with Gasteiger partial charge in [-0.3, -0.25) is 0 Å². The largest absolute Gasteiger partial charge is 0.309 e. The summed E-state index contributed by atoms with van der Waals surface area (Å²) in [5.41, 5.74) is 1.10. The van der Waals surface area contributed by atoms with E-state index in [-0.39, 0.29) is 10.8 Å². The zero-order valence-electron chi connectivity index (χ0n) is 10.1. The van der Waals surface area contributed by atoms with Gasteiger partial charge >= 0.3 is 0 Å². The second-order valence-corrected chi connectivity index (χ2v) is 4.47. The predicted octanol–water partition coefficient (Wildman–Crippen LogP) is 4.07. The minimum Gasteiger partial charge on any atom is -0.309 e. The maximum Gasteiger partial charge on any atom is 0.160 e. The normalized spacial score (nSPS) is 12.5. The zero-order valence-corrected chi connectivity index (χ0v) is 10.8. The molecule has 0 radical (unpaired) electrons. The van der Waals surface area contributed by atoms with E-state index in [0.29, 0.717) is 11.1 Å². The van der Waals surface area contributed by atoms with Gasteiger partial charge in [-0.15, -0.1) is 0 Å². The van der Waals surface area contributed by atoms with Crippen molar-refractivity contribution in [3.63, 3.8) is 0 Å². The van der Waals surface area contributed by atoms with Gasteiger partial charge in [-0.1, -0.05) is 23.7 Å². The van der Waals surface area contributed by atoms with Crippen LogP contribution in [0.4, 0.5) is 13.2 Å². The molecule has 1 nitrogen and oxygen atoms in total. The van der Waals surface area contributed by atoms with Crippen molar-refractivity contribution >= 4 is 11.6 Å². The van der Waals surface area contributed by atoms with Gasteiger partial charge in [0.05, 0.1) is 6.04 Å². The van der Waals surface area contributed by atoms with Crippen LogP contribution in [-0.4, -0.2) is 7.05 Å². The second kappa shape index (κ2) is 5.63. The zero-order chi connectivity index (χ0) is 14.0. The third kappa shape index (κ3) is 2.91. The van der Waals surface area contributed by atoms with E-state index in [2.05, 4.69) is 5.32 Å². The molecular weight excluding hydrogens is 275 g/mol. The monoisotopic (exact) mass is 285 g/mol. The van der Waals surface area contributed by atoms with E-state index in [4.69, 9.17) is 11.6 Å². The third-order valence-electron chi connectivity index (χ3n) is 2.84. The standard InChI is InChI=1S/C14H11ClF3N/c1-19-14(8-2-4-9(16)5-3-8)10-6-12(17)13(18)7-11(10)15/h2-7,14,19H,1H3. The van der Waals surface area contributed by atoms with Crippen LogP contribution in [0.3, 0.4) is 0 Å². The van der Waals surface area contributed by atoms with Crippen LogP contribution in [0.1, 0.15) is 17.2 Å². The van der Waals surface area contributed by atoms with E-state index in [1.165, 1.54) is 12.1 Å². The van der Waals surface area contributed by atoms with Gasteiger partial charge in [-0.05, 0) is 42.4 Å². The van der Waals surface area contributed by atoms with Gasteiger partial charge in [-0.25, -0.2) is 13.2 Å². The summed E-state index contributed by atoms with van der Waals surface area (Å²) < 4.78 is 39.3. The maximum atomic E-state index is 13.3. The minimum atomic E-state index is -0.997. The molecule has 100 valence electrons. The maximum absolute atomic E-state index is 13.3. The molecule has 0 aliphatic rings. The molecule has 1 unspecified atom stereocenters.